The van der Waals surface area contributed by atoms with Gasteiger partial charge in [0.2, 0.25) is 0 Å². The summed E-state index contributed by atoms with van der Waals surface area (Å²) >= 11 is 0. The van der Waals surface area contributed by atoms with Gasteiger partial charge < -0.3 is 10.9 Å². The molecule has 0 rings (SSSR count). The van der Waals surface area contributed by atoms with E-state index in [9.17, 15) is 0 Å². The molecular weight excluding hydrogens is 212 g/mol. The summed E-state index contributed by atoms with van der Waals surface area (Å²) in [4.78, 5) is 0. The Kier molecular flexibility index (Phi) is 5.66. The quantitative estimate of drug-likeness (QED) is 0.586. The Balaban J connectivity index is 4.25. The molecule has 0 amide bonds. The zero-order chi connectivity index (χ0) is 13.7. The van der Waals surface area contributed by atoms with Crippen LogP contribution < -0.4 is 10.9 Å². The second-order valence-corrected chi connectivity index (χ2v) is 6.59. The van der Waals surface area contributed by atoms with E-state index < -0.39 is 0 Å². The maximum atomic E-state index is 4.34. The number of nitrogens with zero attached hydrogens (tertiary/aromatic N) is 2. The normalized spacial score (nSPS) is 14.8. The van der Waals surface area contributed by atoms with Crippen LogP contribution in [-0.2, 0) is 0 Å². The molecule has 0 saturated heterocycles. The van der Waals surface area contributed by atoms with Gasteiger partial charge in [-0.2, -0.15) is 10.2 Å². The van der Waals surface area contributed by atoms with Gasteiger partial charge in [0.25, 0.3) is 0 Å². The third kappa shape index (κ3) is 11.2. The summed E-state index contributed by atoms with van der Waals surface area (Å²) in [5, 5.41) is 8.68. The SMILES string of the molecule is C/C(C/C(C)=N/NC(C)(C)C)=N\NC(C)(C)C. The molecule has 4 heteroatoms. The van der Waals surface area contributed by atoms with E-state index in [1.165, 1.54) is 0 Å². The summed E-state index contributed by atoms with van der Waals surface area (Å²) in [5.41, 5.74) is 8.32. The Bertz CT molecular complexity index is 260. The molecule has 0 bridgehead atoms. The lowest BCUT2D eigenvalue weighted by molar-refractivity contribution is 0.439. The van der Waals surface area contributed by atoms with E-state index >= 15 is 0 Å². The van der Waals surface area contributed by atoms with Crippen LogP contribution in [0.1, 0.15) is 61.8 Å². The van der Waals surface area contributed by atoms with Gasteiger partial charge in [0, 0.05) is 28.9 Å². The van der Waals surface area contributed by atoms with Crippen molar-refractivity contribution in [1.29, 1.82) is 0 Å². The molecule has 4 nitrogen and oxygen atoms in total. The maximum absolute atomic E-state index is 4.34. The van der Waals surface area contributed by atoms with Gasteiger partial charge in [0.05, 0.1) is 0 Å². The molecule has 100 valence electrons. The largest absolute Gasteiger partial charge is 0.305 e. The van der Waals surface area contributed by atoms with Crippen molar-refractivity contribution in [2.45, 2.75) is 72.9 Å². The Morgan fingerprint density at radius 1 is 0.765 bits per heavy atom. The molecule has 2 N–H and O–H groups in total. The third-order valence-electron chi connectivity index (χ3n) is 1.68. The molecule has 0 radical (unpaired) electrons. The van der Waals surface area contributed by atoms with Crippen LogP contribution in [-0.4, -0.2) is 22.5 Å². The van der Waals surface area contributed by atoms with Crippen LogP contribution in [0.4, 0.5) is 0 Å². The molecule has 0 aromatic heterocycles. The number of hydrogen-bond acceptors (Lipinski definition) is 4. The Morgan fingerprint density at radius 3 is 1.29 bits per heavy atom. The number of nitrogens with one attached hydrogen (secondary N) is 2. The number of rotatable bonds is 4. The van der Waals surface area contributed by atoms with Crippen molar-refractivity contribution in [1.82, 2.24) is 10.9 Å². The van der Waals surface area contributed by atoms with E-state index in [-0.39, 0.29) is 11.1 Å². The van der Waals surface area contributed by atoms with Crippen LogP contribution in [0.2, 0.25) is 0 Å². The van der Waals surface area contributed by atoms with Crippen LogP contribution in [0.15, 0.2) is 10.2 Å². The summed E-state index contributed by atoms with van der Waals surface area (Å²) in [7, 11) is 0. The predicted octanol–water partition coefficient (Wildman–Crippen LogP) is 2.90. The van der Waals surface area contributed by atoms with Crippen LogP contribution in [0.25, 0.3) is 0 Å². The van der Waals surface area contributed by atoms with Gasteiger partial charge >= 0.3 is 0 Å². The van der Waals surface area contributed by atoms with Crippen molar-refractivity contribution < 1.29 is 0 Å². The first kappa shape index (κ1) is 15.9. The maximum Gasteiger partial charge on any atom is 0.0464 e. The fraction of sp³-hybridized carbons (Fsp3) is 0.846. The van der Waals surface area contributed by atoms with Crippen molar-refractivity contribution in [3.05, 3.63) is 0 Å². The molecule has 0 spiro atoms. The van der Waals surface area contributed by atoms with Gasteiger partial charge in [-0.3, -0.25) is 0 Å². The minimum Gasteiger partial charge on any atom is -0.305 e. The second kappa shape index (κ2) is 6.03. The molecule has 0 unspecified atom stereocenters. The molecule has 0 atom stereocenters. The first-order valence-corrected chi connectivity index (χ1v) is 6.10. The molecule has 17 heavy (non-hydrogen) atoms. The van der Waals surface area contributed by atoms with Crippen molar-refractivity contribution in [2.75, 3.05) is 0 Å². The molecule has 0 aromatic rings. The van der Waals surface area contributed by atoms with Crippen LogP contribution in [0.3, 0.4) is 0 Å². The first-order chi connectivity index (χ1) is 7.49. The lowest BCUT2D eigenvalue weighted by Crippen LogP contribution is -2.33. The van der Waals surface area contributed by atoms with Gasteiger partial charge in [-0.05, 0) is 55.4 Å². The molecule has 0 aliphatic heterocycles. The average molecular weight is 240 g/mol. The van der Waals surface area contributed by atoms with E-state index in [2.05, 4.69) is 62.6 Å². The summed E-state index contributed by atoms with van der Waals surface area (Å²) in [6.45, 7) is 16.6. The van der Waals surface area contributed by atoms with Crippen LogP contribution >= 0.6 is 0 Å². The van der Waals surface area contributed by atoms with Crippen molar-refractivity contribution >= 4 is 11.4 Å². The van der Waals surface area contributed by atoms with Gasteiger partial charge in [-0.15, -0.1) is 0 Å². The molecule has 0 fully saturated rings. The zero-order valence-corrected chi connectivity index (χ0v) is 12.6. The van der Waals surface area contributed by atoms with E-state index in [4.69, 9.17) is 0 Å². The van der Waals surface area contributed by atoms with Crippen molar-refractivity contribution in [3.63, 3.8) is 0 Å². The minimum absolute atomic E-state index is 0.00989. The third-order valence-corrected chi connectivity index (χ3v) is 1.68. The lowest BCUT2D eigenvalue weighted by atomic mass is 10.1. The highest BCUT2D eigenvalue weighted by molar-refractivity contribution is 6.02. The van der Waals surface area contributed by atoms with Gasteiger partial charge in [-0.25, -0.2) is 0 Å². The summed E-state index contributed by atoms with van der Waals surface area (Å²) in [6, 6.07) is 0. The lowest BCUT2D eigenvalue weighted by Gasteiger charge is -2.19. The topological polar surface area (TPSA) is 48.8 Å². The molecule has 0 heterocycles. The molecule has 0 aliphatic rings. The van der Waals surface area contributed by atoms with E-state index in [0.717, 1.165) is 17.8 Å². The van der Waals surface area contributed by atoms with E-state index in [1.807, 2.05) is 13.8 Å². The number of hydrazone groups is 2. The highest BCUT2D eigenvalue weighted by Gasteiger charge is 2.08. The van der Waals surface area contributed by atoms with Crippen LogP contribution in [0, 0.1) is 0 Å². The average Bonchev–Trinajstić information content (AvgIpc) is 2.09. The summed E-state index contributed by atoms with van der Waals surface area (Å²) in [5.74, 6) is 0. The van der Waals surface area contributed by atoms with Crippen LogP contribution in [0.5, 0.6) is 0 Å². The monoisotopic (exact) mass is 240 g/mol. The van der Waals surface area contributed by atoms with Gasteiger partial charge in [0.1, 0.15) is 0 Å². The first-order valence-electron chi connectivity index (χ1n) is 6.10. The highest BCUT2D eigenvalue weighted by Crippen LogP contribution is 2.01. The minimum atomic E-state index is 0.00989. The Hall–Kier alpha value is -1.06. The van der Waals surface area contributed by atoms with Crippen molar-refractivity contribution in [2.24, 2.45) is 10.2 Å². The van der Waals surface area contributed by atoms with Crippen molar-refractivity contribution in [3.8, 4) is 0 Å². The van der Waals surface area contributed by atoms with E-state index in [0.29, 0.717) is 0 Å². The molecular formula is C13H28N4. The zero-order valence-electron chi connectivity index (χ0n) is 12.6. The fourth-order valence-corrected chi connectivity index (χ4v) is 0.976. The summed E-state index contributed by atoms with van der Waals surface area (Å²) < 4.78 is 0. The standard InChI is InChI=1S/C13H28N4/c1-10(14-16-12(3,4)5)9-11(2)15-17-13(6,7)8/h16-17H,9H2,1-8H3/b14-10+,15-11+. The molecule has 0 aliphatic carbocycles. The molecule has 0 saturated carbocycles. The Morgan fingerprint density at radius 2 is 1.06 bits per heavy atom. The molecule has 0 aromatic carbocycles. The second-order valence-electron chi connectivity index (χ2n) is 6.59. The van der Waals surface area contributed by atoms with Gasteiger partial charge in [0.15, 0.2) is 0 Å². The van der Waals surface area contributed by atoms with Gasteiger partial charge in [-0.1, -0.05) is 0 Å². The summed E-state index contributed by atoms with van der Waals surface area (Å²) in [6.07, 6.45) is 0.784. The Labute approximate surface area is 106 Å². The number of hydrogen-bond donors (Lipinski definition) is 2. The van der Waals surface area contributed by atoms with E-state index in [1.54, 1.807) is 0 Å². The predicted molar refractivity (Wildman–Crippen MR) is 76.6 cm³/mol. The smallest absolute Gasteiger partial charge is 0.0464 e. The highest BCUT2D eigenvalue weighted by atomic mass is 15.3. The fourth-order valence-electron chi connectivity index (χ4n) is 0.976.